The summed E-state index contributed by atoms with van der Waals surface area (Å²) in [5.41, 5.74) is -1.05. The number of carbonyl (C=O) groups excluding carboxylic acids is 1. The Bertz CT molecular complexity index is 740. The van der Waals surface area contributed by atoms with Gasteiger partial charge in [0.15, 0.2) is 0 Å². The number of hydrogen-bond acceptors (Lipinski definition) is 4. The summed E-state index contributed by atoms with van der Waals surface area (Å²) in [4.78, 5) is 28.0. The number of carbonyl (C=O) groups is 2. The molecule has 1 heterocycles. The fraction of sp³-hybridized carbons (Fsp3) is 0.278. The number of aliphatic carboxylic acids is 1. The number of aromatic nitrogens is 1. The highest BCUT2D eigenvalue weighted by Gasteiger charge is 2.42. The van der Waals surface area contributed by atoms with Crippen molar-refractivity contribution in [3.8, 4) is 11.5 Å². The lowest BCUT2D eigenvalue weighted by Gasteiger charge is -2.25. The van der Waals surface area contributed by atoms with Crippen LogP contribution in [-0.2, 0) is 4.79 Å². The van der Waals surface area contributed by atoms with Gasteiger partial charge in [0, 0.05) is 12.3 Å². The Labute approximate surface area is 139 Å². The molecule has 0 atom stereocenters. The Balaban J connectivity index is 1.76. The number of para-hydroxylation sites is 1. The zero-order chi connectivity index (χ0) is 17.0. The molecule has 0 bridgehead atoms. The van der Waals surface area contributed by atoms with Crippen LogP contribution in [0.1, 0.15) is 36.2 Å². The van der Waals surface area contributed by atoms with Crippen molar-refractivity contribution in [1.29, 1.82) is 0 Å². The van der Waals surface area contributed by atoms with E-state index in [1.165, 1.54) is 12.3 Å². The summed E-state index contributed by atoms with van der Waals surface area (Å²) < 4.78 is 5.68. The van der Waals surface area contributed by atoms with Gasteiger partial charge in [-0.2, -0.15) is 0 Å². The fourth-order valence-corrected chi connectivity index (χ4v) is 2.88. The van der Waals surface area contributed by atoms with E-state index < -0.39 is 17.4 Å². The monoisotopic (exact) mass is 326 g/mol. The zero-order valence-corrected chi connectivity index (χ0v) is 13.1. The molecule has 3 rings (SSSR count). The minimum absolute atomic E-state index is 0.135. The molecule has 0 spiro atoms. The van der Waals surface area contributed by atoms with Crippen molar-refractivity contribution in [2.24, 2.45) is 0 Å². The second kappa shape index (κ2) is 6.70. The van der Waals surface area contributed by atoms with Crippen LogP contribution in [0.2, 0.25) is 0 Å². The standard InChI is InChI=1S/C18H18N2O4/c21-16(20-18(17(22)23)9-4-5-10-18)15-12-14(8-11-19-15)24-13-6-2-1-3-7-13/h1-3,6-8,11-12H,4-5,9-10H2,(H,20,21)(H,22,23). The second-order valence-corrected chi connectivity index (χ2v) is 5.84. The maximum absolute atomic E-state index is 12.4. The first kappa shape index (κ1) is 16.0. The third kappa shape index (κ3) is 3.37. The maximum Gasteiger partial charge on any atom is 0.329 e. The number of ether oxygens (including phenoxy) is 1. The first-order chi connectivity index (χ1) is 11.6. The van der Waals surface area contributed by atoms with Crippen molar-refractivity contribution in [3.05, 3.63) is 54.4 Å². The number of pyridine rings is 1. The summed E-state index contributed by atoms with van der Waals surface area (Å²) >= 11 is 0. The molecule has 0 radical (unpaired) electrons. The molecule has 1 aliphatic carbocycles. The SMILES string of the molecule is O=C(NC1(C(=O)O)CCCC1)c1cc(Oc2ccccc2)ccn1. The highest BCUT2D eigenvalue weighted by molar-refractivity contribution is 5.96. The van der Waals surface area contributed by atoms with Gasteiger partial charge in [-0.25, -0.2) is 4.79 Å². The van der Waals surface area contributed by atoms with Crippen LogP contribution in [0, 0.1) is 0 Å². The van der Waals surface area contributed by atoms with Crippen LogP contribution in [0.4, 0.5) is 0 Å². The van der Waals surface area contributed by atoms with Gasteiger partial charge in [0.1, 0.15) is 22.7 Å². The molecule has 1 aliphatic rings. The predicted molar refractivity (Wildman–Crippen MR) is 87.1 cm³/mol. The van der Waals surface area contributed by atoms with E-state index >= 15 is 0 Å². The lowest BCUT2D eigenvalue weighted by atomic mass is 9.97. The number of benzene rings is 1. The lowest BCUT2D eigenvalue weighted by molar-refractivity contribution is -0.144. The van der Waals surface area contributed by atoms with Gasteiger partial charge < -0.3 is 15.2 Å². The molecule has 0 saturated heterocycles. The normalized spacial score (nSPS) is 15.7. The van der Waals surface area contributed by atoms with Crippen LogP contribution in [-0.4, -0.2) is 27.5 Å². The van der Waals surface area contributed by atoms with E-state index in [9.17, 15) is 14.7 Å². The molecule has 2 N–H and O–H groups in total. The predicted octanol–water partition coefficient (Wildman–Crippen LogP) is 3.00. The van der Waals surface area contributed by atoms with Gasteiger partial charge in [-0.1, -0.05) is 31.0 Å². The van der Waals surface area contributed by atoms with Gasteiger partial charge in [-0.15, -0.1) is 0 Å². The van der Waals surface area contributed by atoms with Crippen molar-refractivity contribution < 1.29 is 19.4 Å². The zero-order valence-electron chi connectivity index (χ0n) is 13.1. The average Bonchev–Trinajstić information content (AvgIpc) is 3.06. The molecule has 1 aromatic carbocycles. The van der Waals surface area contributed by atoms with Crippen molar-refractivity contribution in [3.63, 3.8) is 0 Å². The minimum atomic E-state index is -1.19. The topological polar surface area (TPSA) is 88.5 Å². The average molecular weight is 326 g/mol. The van der Waals surface area contributed by atoms with E-state index in [0.717, 1.165) is 12.8 Å². The van der Waals surface area contributed by atoms with Crippen LogP contribution >= 0.6 is 0 Å². The molecule has 1 amide bonds. The van der Waals surface area contributed by atoms with Gasteiger partial charge >= 0.3 is 5.97 Å². The van der Waals surface area contributed by atoms with E-state index in [-0.39, 0.29) is 5.69 Å². The molecular formula is C18H18N2O4. The summed E-state index contributed by atoms with van der Waals surface area (Å²) in [6.45, 7) is 0. The Kier molecular flexibility index (Phi) is 4.46. The van der Waals surface area contributed by atoms with Gasteiger partial charge in [0.25, 0.3) is 5.91 Å². The third-order valence-electron chi connectivity index (χ3n) is 4.16. The highest BCUT2D eigenvalue weighted by Crippen LogP contribution is 2.30. The smallest absolute Gasteiger partial charge is 0.329 e. The molecule has 24 heavy (non-hydrogen) atoms. The first-order valence-electron chi connectivity index (χ1n) is 7.84. The van der Waals surface area contributed by atoms with E-state index in [4.69, 9.17) is 4.74 Å². The molecule has 6 nitrogen and oxygen atoms in total. The summed E-state index contributed by atoms with van der Waals surface area (Å²) in [6.07, 6.45) is 3.92. The van der Waals surface area contributed by atoms with Crippen LogP contribution in [0.3, 0.4) is 0 Å². The summed E-state index contributed by atoms with van der Waals surface area (Å²) in [6, 6.07) is 12.3. The Morgan fingerprint density at radius 3 is 2.46 bits per heavy atom. The molecule has 1 fully saturated rings. The number of amides is 1. The maximum atomic E-state index is 12.4. The van der Waals surface area contributed by atoms with Crippen molar-refractivity contribution >= 4 is 11.9 Å². The number of rotatable bonds is 5. The van der Waals surface area contributed by atoms with Gasteiger partial charge in [0.2, 0.25) is 0 Å². The first-order valence-corrected chi connectivity index (χ1v) is 7.84. The van der Waals surface area contributed by atoms with Gasteiger partial charge in [-0.05, 0) is 31.0 Å². The minimum Gasteiger partial charge on any atom is -0.480 e. The quantitative estimate of drug-likeness (QED) is 0.882. The van der Waals surface area contributed by atoms with Crippen LogP contribution in [0.15, 0.2) is 48.7 Å². The van der Waals surface area contributed by atoms with E-state index in [1.54, 1.807) is 18.2 Å². The number of hydrogen-bond donors (Lipinski definition) is 2. The molecular weight excluding hydrogens is 308 g/mol. The number of carboxylic acids is 1. The molecule has 2 aromatic rings. The molecule has 124 valence electrons. The highest BCUT2D eigenvalue weighted by atomic mass is 16.5. The van der Waals surface area contributed by atoms with Crippen molar-refractivity contribution in [1.82, 2.24) is 10.3 Å². The van der Waals surface area contributed by atoms with E-state index in [2.05, 4.69) is 10.3 Å². The van der Waals surface area contributed by atoms with Gasteiger partial charge in [-0.3, -0.25) is 9.78 Å². The van der Waals surface area contributed by atoms with Crippen LogP contribution in [0.5, 0.6) is 11.5 Å². The molecule has 0 aliphatic heterocycles. The fourth-order valence-electron chi connectivity index (χ4n) is 2.88. The number of nitrogens with one attached hydrogen (secondary N) is 1. The molecule has 0 unspecified atom stereocenters. The molecule has 1 aromatic heterocycles. The number of nitrogens with zero attached hydrogens (tertiary/aromatic N) is 1. The molecule has 1 saturated carbocycles. The van der Waals surface area contributed by atoms with Crippen molar-refractivity contribution in [2.45, 2.75) is 31.2 Å². The molecule has 6 heteroatoms. The summed E-state index contributed by atoms with van der Waals surface area (Å²) in [5.74, 6) is -0.382. The summed E-state index contributed by atoms with van der Waals surface area (Å²) in [7, 11) is 0. The third-order valence-corrected chi connectivity index (χ3v) is 4.16. The summed E-state index contributed by atoms with van der Waals surface area (Å²) in [5, 5.41) is 12.1. The van der Waals surface area contributed by atoms with E-state index in [1.807, 2.05) is 18.2 Å². The Morgan fingerprint density at radius 2 is 1.79 bits per heavy atom. The Morgan fingerprint density at radius 1 is 1.08 bits per heavy atom. The largest absolute Gasteiger partial charge is 0.480 e. The second-order valence-electron chi connectivity index (χ2n) is 5.84. The van der Waals surface area contributed by atoms with Crippen molar-refractivity contribution in [2.75, 3.05) is 0 Å². The van der Waals surface area contributed by atoms with Gasteiger partial charge in [0.05, 0.1) is 0 Å². The van der Waals surface area contributed by atoms with Crippen LogP contribution in [0.25, 0.3) is 0 Å². The van der Waals surface area contributed by atoms with E-state index in [0.29, 0.717) is 24.3 Å². The number of carboxylic acid groups (broad SMARTS) is 1. The Hall–Kier alpha value is -2.89. The lowest BCUT2D eigenvalue weighted by Crippen LogP contribution is -2.52. The van der Waals surface area contributed by atoms with Crippen LogP contribution < -0.4 is 10.1 Å².